The molecular weight excluding hydrogens is 274 g/mol. The molecule has 6 heteroatoms. The zero-order valence-corrected chi connectivity index (χ0v) is 10.8. The Balaban J connectivity index is 0.00000256. The molecule has 0 aliphatic carbocycles. The SMILES string of the molecule is CCC[NH2+]Cc1ccc(Cl)c(C(F)(F)F)c1.[Cl-]. The summed E-state index contributed by atoms with van der Waals surface area (Å²) in [6.07, 6.45) is -3.38. The van der Waals surface area contributed by atoms with Crippen LogP contribution in [-0.4, -0.2) is 6.54 Å². The van der Waals surface area contributed by atoms with Crippen molar-refractivity contribution in [3.63, 3.8) is 0 Å². The first-order chi connectivity index (χ1) is 7.45. The molecule has 2 N–H and O–H groups in total. The second-order valence-electron chi connectivity index (χ2n) is 3.59. The third-order valence-corrected chi connectivity index (χ3v) is 2.54. The second-order valence-corrected chi connectivity index (χ2v) is 4.00. The van der Waals surface area contributed by atoms with Crippen LogP contribution in [0.4, 0.5) is 13.2 Å². The Morgan fingerprint density at radius 3 is 2.47 bits per heavy atom. The molecule has 0 spiro atoms. The van der Waals surface area contributed by atoms with Crippen molar-refractivity contribution >= 4 is 11.6 Å². The summed E-state index contributed by atoms with van der Waals surface area (Å²) < 4.78 is 37.6. The number of quaternary nitrogens is 1. The molecule has 1 aromatic rings. The van der Waals surface area contributed by atoms with Crippen LogP contribution in [0.5, 0.6) is 0 Å². The monoisotopic (exact) mass is 287 g/mol. The van der Waals surface area contributed by atoms with Crippen molar-refractivity contribution in [2.24, 2.45) is 0 Å². The maximum Gasteiger partial charge on any atom is 0.417 e. The number of rotatable bonds is 4. The van der Waals surface area contributed by atoms with Crippen LogP contribution in [0, 0.1) is 0 Å². The molecule has 98 valence electrons. The molecule has 1 nitrogen and oxygen atoms in total. The summed E-state index contributed by atoms with van der Waals surface area (Å²) in [4.78, 5) is 0. The molecule has 0 amide bonds. The zero-order valence-electron chi connectivity index (χ0n) is 9.32. The van der Waals surface area contributed by atoms with Crippen molar-refractivity contribution < 1.29 is 30.9 Å². The highest BCUT2D eigenvalue weighted by molar-refractivity contribution is 6.31. The topological polar surface area (TPSA) is 16.6 Å². The van der Waals surface area contributed by atoms with E-state index in [1.165, 1.54) is 6.07 Å². The van der Waals surface area contributed by atoms with Gasteiger partial charge in [0.05, 0.1) is 17.1 Å². The van der Waals surface area contributed by atoms with E-state index in [2.05, 4.69) is 0 Å². The number of halogens is 5. The second kappa shape index (κ2) is 7.09. The first kappa shape index (κ1) is 16.6. The van der Waals surface area contributed by atoms with Crippen molar-refractivity contribution in [3.8, 4) is 0 Å². The highest BCUT2D eigenvalue weighted by Gasteiger charge is 2.33. The van der Waals surface area contributed by atoms with Crippen molar-refractivity contribution in [1.29, 1.82) is 0 Å². The van der Waals surface area contributed by atoms with E-state index in [0.29, 0.717) is 12.1 Å². The molecule has 0 atom stereocenters. The van der Waals surface area contributed by atoms with Gasteiger partial charge in [0.15, 0.2) is 0 Å². The van der Waals surface area contributed by atoms with Crippen molar-refractivity contribution in [2.75, 3.05) is 6.54 Å². The van der Waals surface area contributed by atoms with Gasteiger partial charge in [-0.25, -0.2) is 0 Å². The van der Waals surface area contributed by atoms with Crippen LogP contribution in [0.15, 0.2) is 18.2 Å². The summed E-state index contributed by atoms with van der Waals surface area (Å²) in [7, 11) is 0. The maximum atomic E-state index is 12.5. The summed E-state index contributed by atoms with van der Waals surface area (Å²) in [6, 6.07) is 4.05. The Labute approximate surface area is 110 Å². The fraction of sp³-hybridized carbons (Fsp3) is 0.455. The Kier molecular flexibility index (Phi) is 6.90. The van der Waals surface area contributed by atoms with Crippen molar-refractivity contribution in [3.05, 3.63) is 34.3 Å². The number of benzene rings is 1. The predicted molar refractivity (Wildman–Crippen MR) is 57.2 cm³/mol. The summed E-state index contributed by atoms with van der Waals surface area (Å²) in [6.45, 7) is 3.48. The van der Waals surface area contributed by atoms with Crippen LogP contribution in [0.3, 0.4) is 0 Å². The maximum absolute atomic E-state index is 12.5. The lowest BCUT2D eigenvalue weighted by Gasteiger charge is -2.10. The highest BCUT2D eigenvalue weighted by atomic mass is 35.5. The molecule has 0 bridgehead atoms. The fourth-order valence-corrected chi connectivity index (χ4v) is 1.61. The van der Waals surface area contributed by atoms with Crippen molar-refractivity contribution in [2.45, 2.75) is 26.1 Å². The summed E-state index contributed by atoms with van der Waals surface area (Å²) >= 11 is 5.51. The Morgan fingerprint density at radius 1 is 1.29 bits per heavy atom. The van der Waals surface area contributed by atoms with E-state index in [1.807, 2.05) is 12.2 Å². The van der Waals surface area contributed by atoms with Gasteiger partial charge in [0, 0.05) is 5.56 Å². The molecule has 0 saturated heterocycles. The van der Waals surface area contributed by atoms with Gasteiger partial charge in [0.1, 0.15) is 6.54 Å². The van der Waals surface area contributed by atoms with Gasteiger partial charge in [-0.15, -0.1) is 0 Å². The van der Waals surface area contributed by atoms with Crippen LogP contribution in [0.25, 0.3) is 0 Å². The molecule has 1 rings (SSSR count). The van der Waals surface area contributed by atoms with E-state index >= 15 is 0 Å². The van der Waals surface area contributed by atoms with Gasteiger partial charge in [0.2, 0.25) is 0 Å². The molecule has 0 aromatic heterocycles. The highest BCUT2D eigenvalue weighted by Crippen LogP contribution is 2.34. The quantitative estimate of drug-likeness (QED) is 0.741. The molecule has 0 fully saturated rings. The van der Waals surface area contributed by atoms with E-state index in [0.717, 1.165) is 19.0 Å². The van der Waals surface area contributed by atoms with E-state index in [1.54, 1.807) is 6.07 Å². The largest absolute Gasteiger partial charge is 1.00 e. The number of hydrogen-bond acceptors (Lipinski definition) is 0. The predicted octanol–water partition coefficient (Wildman–Crippen LogP) is -0.164. The van der Waals surface area contributed by atoms with Crippen LogP contribution < -0.4 is 17.7 Å². The van der Waals surface area contributed by atoms with Gasteiger partial charge in [-0.1, -0.05) is 24.6 Å². The zero-order chi connectivity index (χ0) is 12.2. The fourth-order valence-electron chi connectivity index (χ4n) is 1.39. The number of nitrogens with two attached hydrogens (primary N) is 1. The molecule has 0 aliphatic rings. The van der Waals surface area contributed by atoms with Gasteiger partial charge in [-0.3, -0.25) is 0 Å². The Hall–Kier alpha value is -0.450. The van der Waals surface area contributed by atoms with Crippen LogP contribution in [-0.2, 0) is 12.7 Å². The lowest BCUT2D eigenvalue weighted by atomic mass is 10.1. The van der Waals surface area contributed by atoms with Gasteiger partial charge >= 0.3 is 6.18 Å². The number of hydrogen-bond donors (Lipinski definition) is 1. The molecule has 0 saturated carbocycles. The van der Waals surface area contributed by atoms with E-state index in [4.69, 9.17) is 11.6 Å². The average molecular weight is 288 g/mol. The van der Waals surface area contributed by atoms with E-state index in [-0.39, 0.29) is 17.4 Å². The smallest absolute Gasteiger partial charge is 0.417 e. The van der Waals surface area contributed by atoms with E-state index < -0.39 is 11.7 Å². The lowest BCUT2D eigenvalue weighted by molar-refractivity contribution is -0.670. The Morgan fingerprint density at radius 2 is 1.94 bits per heavy atom. The minimum atomic E-state index is -4.38. The summed E-state index contributed by atoms with van der Waals surface area (Å²) in [5, 5.41) is 1.73. The van der Waals surface area contributed by atoms with Gasteiger partial charge in [0.25, 0.3) is 0 Å². The van der Waals surface area contributed by atoms with Crippen LogP contribution in [0.1, 0.15) is 24.5 Å². The molecule has 0 heterocycles. The number of alkyl halides is 3. The van der Waals surface area contributed by atoms with Gasteiger partial charge in [-0.2, -0.15) is 13.2 Å². The molecule has 1 aromatic carbocycles. The third kappa shape index (κ3) is 5.15. The standard InChI is InChI=1S/C11H13ClF3N.ClH/c1-2-5-16-7-8-3-4-10(12)9(6-8)11(13,14)15;/h3-4,6,16H,2,5,7H2,1H3;1H. The normalized spacial score (nSPS) is 11.1. The minimum Gasteiger partial charge on any atom is -1.00 e. The lowest BCUT2D eigenvalue weighted by Crippen LogP contribution is -3.00. The summed E-state index contributed by atoms with van der Waals surface area (Å²) in [5.41, 5.74) is -0.109. The first-order valence-corrected chi connectivity index (χ1v) is 5.50. The average Bonchev–Trinajstić information content (AvgIpc) is 2.19. The molecule has 0 aliphatic heterocycles. The van der Waals surface area contributed by atoms with Crippen molar-refractivity contribution in [1.82, 2.24) is 0 Å². The minimum absolute atomic E-state index is 0. The molecular formula is C11H14Cl2F3N. The summed E-state index contributed by atoms with van der Waals surface area (Å²) in [5.74, 6) is 0. The van der Waals surface area contributed by atoms with Crippen LogP contribution >= 0.6 is 11.6 Å². The third-order valence-electron chi connectivity index (χ3n) is 2.21. The van der Waals surface area contributed by atoms with Gasteiger partial charge in [-0.05, 0) is 18.6 Å². The first-order valence-electron chi connectivity index (χ1n) is 5.12. The Bertz CT molecular complexity index is 353. The van der Waals surface area contributed by atoms with E-state index in [9.17, 15) is 13.2 Å². The molecule has 0 radical (unpaired) electrons. The molecule has 0 unspecified atom stereocenters. The van der Waals surface area contributed by atoms with Crippen LogP contribution in [0.2, 0.25) is 5.02 Å². The molecule has 17 heavy (non-hydrogen) atoms. The van der Waals surface area contributed by atoms with Gasteiger partial charge < -0.3 is 17.7 Å².